The fourth-order valence-electron chi connectivity index (χ4n) is 1.21. The molecule has 1 saturated heterocycles. The van der Waals surface area contributed by atoms with Gasteiger partial charge in [-0.05, 0) is 6.42 Å². The molecule has 1 radical (unpaired) electrons. The van der Waals surface area contributed by atoms with Crippen LogP contribution in [-0.2, 0) is 9.47 Å². The summed E-state index contributed by atoms with van der Waals surface area (Å²) in [5.41, 5.74) is 0. The van der Waals surface area contributed by atoms with Gasteiger partial charge in [0.05, 0.1) is 26.4 Å². The van der Waals surface area contributed by atoms with Gasteiger partial charge in [-0.2, -0.15) is 0 Å². The molecule has 0 atom stereocenters. The first-order valence-electron chi connectivity index (χ1n) is 4.67. The molecule has 1 aliphatic rings. The summed E-state index contributed by atoms with van der Waals surface area (Å²) in [7, 11) is 0. The molecule has 3 heteroatoms. The Morgan fingerprint density at radius 2 is 2.17 bits per heavy atom. The Balaban J connectivity index is 1.91. The van der Waals surface area contributed by atoms with E-state index in [0.29, 0.717) is 0 Å². The van der Waals surface area contributed by atoms with Gasteiger partial charge in [0.2, 0.25) is 0 Å². The SMILES string of the molecule is CC[CH]OCCN1CCOCC1. The van der Waals surface area contributed by atoms with Crippen LogP contribution in [0.4, 0.5) is 0 Å². The van der Waals surface area contributed by atoms with Crippen LogP contribution < -0.4 is 0 Å². The molecule has 1 rings (SSSR count). The van der Waals surface area contributed by atoms with Gasteiger partial charge in [0.1, 0.15) is 0 Å². The van der Waals surface area contributed by atoms with Crippen molar-refractivity contribution in [2.45, 2.75) is 13.3 Å². The predicted molar refractivity (Wildman–Crippen MR) is 47.8 cm³/mol. The molecule has 0 aliphatic carbocycles. The van der Waals surface area contributed by atoms with Crippen molar-refractivity contribution < 1.29 is 9.47 Å². The molecule has 1 heterocycles. The van der Waals surface area contributed by atoms with E-state index in [-0.39, 0.29) is 0 Å². The number of hydrogen-bond donors (Lipinski definition) is 0. The first-order chi connectivity index (χ1) is 5.93. The van der Waals surface area contributed by atoms with Crippen LogP contribution in [0.1, 0.15) is 13.3 Å². The molecule has 1 fully saturated rings. The number of morpholine rings is 1. The molecule has 12 heavy (non-hydrogen) atoms. The highest BCUT2D eigenvalue weighted by atomic mass is 16.5. The predicted octanol–water partition coefficient (Wildman–Crippen LogP) is 0.907. The molecule has 71 valence electrons. The van der Waals surface area contributed by atoms with Crippen LogP contribution in [-0.4, -0.2) is 44.4 Å². The second-order valence-electron chi connectivity index (χ2n) is 2.90. The molecule has 0 aromatic carbocycles. The van der Waals surface area contributed by atoms with Crippen molar-refractivity contribution >= 4 is 0 Å². The van der Waals surface area contributed by atoms with E-state index in [1.165, 1.54) is 0 Å². The van der Waals surface area contributed by atoms with Crippen LogP contribution in [0.2, 0.25) is 0 Å². The van der Waals surface area contributed by atoms with Gasteiger partial charge in [-0.25, -0.2) is 0 Å². The molecular formula is C9H18NO2. The van der Waals surface area contributed by atoms with Gasteiger partial charge in [-0.15, -0.1) is 0 Å². The van der Waals surface area contributed by atoms with E-state index in [4.69, 9.17) is 9.47 Å². The van der Waals surface area contributed by atoms with E-state index in [0.717, 1.165) is 45.9 Å². The summed E-state index contributed by atoms with van der Waals surface area (Å²) in [5.74, 6) is 0. The Kier molecular flexibility index (Phi) is 5.32. The third-order valence-electron chi connectivity index (χ3n) is 1.91. The molecule has 0 amide bonds. The number of ether oxygens (including phenoxy) is 2. The molecule has 0 spiro atoms. The van der Waals surface area contributed by atoms with Crippen molar-refractivity contribution in [3.8, 4) is 0 Å². The van der Waals surface area contributed by atoms with Crippen molar-refractivity contribution in [3.05, 3.63) is 6.61 Å². The maximum Gasteiger partial charge on any atom is 0.0834 e. The summed E-state index contributed by atoms with van der Waals surface area (Å²) >= 11 is 0. The Bertz CT molecular complexity index is 103. The molecule has 0 aromatic rings. The Hall–Kier alpha value is -0.120. The summed E-state index contributed by atoms with van der Waals surface area (Å²) in [6, 6.07) is 0. The van der Waals surface area contributed by atoms with Crippen molar-refractivity contribution in [1.82, 2.24) is 4.90 Å². The third-order valence-corrected chi connectivity index (χ3v) is 1.91. The zero-order chi connectivity index (χ0) is 8.65. The first kappa shape index (κ1) is 9.96. The number of rotatable bonds is 5. The van der Waals surface area contributed by atoms with Crippen molar-refractivity contribution in [2.24, 2.45) is 0 Å². The Labute approximate surface area is 74.6 Å². The molecule has 0 saturated carbocycles. The maximum atomic E-state index is 5.28. The summed E-state index contributed by atoms with van der Waals surface area (Å²) in [6.07, 6.45) is 0.989. The van der Waals surface area contributed by atoms with Gasteiger partial charge in [0.25, 0.3) is 0 Å². The van der Waals surface area contributed by atoms with Crippen LogP contribution in [0.15, 0.2) is 0 Å². The van der Waals surface area contributed by atoms with Crippen LogP contribution in [0, 0.1) is 6.61 Å². The molecular weight excluding hydrogens is 154 g/mol. The van der Waals surface area contributed by atoms with Crippen molar-refractivity contribution in [2.75, 3.05) is 39.5 Å². The second kappa shape index (κ2) is 6.40. The maximum absolute atomic E-state index is 5.28. The van der Waals surface area contributed by atoms with E-state index in [9.17, 15) is 0 Å². The van der Waals surface area contributed by atoms with E-state index in [1.807, 2.05) is 6.61 Å². The first-order valence-corrected chi connectivity index (χ1v) is 4.67. The summed E-state index contributed by atoms with van der Waals surface area (Å²) < 4.78 is 10.5. The van der Waals surface area contributed by atoms with Gasteiger partial charge in [-0.1, -0.05) is 6.92 Å². The van der Waals surface area contributed by atoms with Crippen LogP contribution in [0.3, 0.4) is 0 Å². The van der Waals surface area contributed by atoms with E-state index < -0.39 is 0 Å². The lowest BCUT2D eigenvalue weighted by Gasteiger charge is -2.26. The van der Waals surface area contributed by atoms with Crippen molar-refractivity contribution in [1.29, 1.82) is 0 Å². The normalized spacial score (nSPS) is 19.8. The zero-order valence-electron chi connectivity index (χ0n) is 7.79. The lowest BCUT2D eigenvalue weighted by atomic mass is 10.4. The molecule has 0 N–H and O–H groups in total. The van der Waals surface area contributed by atoms with Crippen molar-refractivity contribution in [3.63, 3.8) is 0 Å². The second-order valence-corrected chi connectivity index (χ2v) is 2.90. The number of hydrogen-bond acceptors (Lipinski definition) is 3. The highest BCUT2D eigenvalue weighted by Gasteiger charge is 2.08. The minimum absolute atomic E-state index is 0.813. The van der Waals surface area contributed by atoms with E-state index >= 15 is 0 Å². The van der Waals surface area contributed by atoms with Gasteiger partial charge in [0, 0.05) is 19.6 Å². The van der Waals surface area contributed by atoms with E-state index in [1.54, 1.807) is 0 Å². The van der Waals surface area contributed by atoms with Gasteiger partial charge < -0.3 is 9.47 Å². The number of nitrogens with zero attached hydrogens (tertiary/aromatic N) is 1. The van der Waals surface area contributed by atoms with Gasteiger partial charge in [-0.3, -0.25) is 4.90 Å². The molecule has 0 unspecified atom stereocenters. The Morgan fingerprint density at radius 3 is 2.83 bits per heavy atom. The molecule has 3 nitrogen and oxygen atoms in total. The minimum Gasteiger partial charge on any atom is -0.379 e. The monoisotopic (exact) mass is 172 g/mol. The molecule has 0 aromatic heterocycles. The standard InChI is InChI=1S/C9H18NO2/c1-2-6-11-7-3-10-4-8-12-9-5-10/h6H,2-5,7-9H2,1H3. The fraction of sp³-hybridized carbons (Fsp3) is 0.889. The summed E-state index contributed by atoms with van der Waals surface area (Å²) in [4.78, 5) is 2.37. The topological polar surface area (TPSA) is 21.7 Å². The lowest BCUT2D eigenvalue weighted by molar-refractivity contribution is 0.0264. The third kappa shape index (κ3) is 4.04. The van der Waals surface area contributed by atoms with Gasteiger partial charge in [0.15, 0.2) is 0 Å². The quantitative estimate of drug-likeness (QED) is 0.575. The molecule has 0 bridgehead atoms. The smallest absolute Gasteiger partial charge is 0.0834 e. The summed E-state index contributed by atoms with van der Waals surface area (Å²) in [6.45, 7) is 9.63. The lowest BCUT2D eigenvalue weighted by Crippen LogP contribution is -2.38. The largest absolute Gasteiger partial charge is 0.379 e. The Morgan fingerprint density at radius 1 is 1.42 bits per heavy atom. The zero-order valence-corrected chi connectivity index (χ0v) is 7.79. The fourth-order valence-corrected chi connectivity index (χ4v) is 1.21. The molecule has 1 aliphatic heterocycles. The van der Waals surface area contributed by atoms with E-state index in [2.05, 4.69) is 11.8 Å². The van der Waals surface area contributed by atoms with Crippen LogP contribution in [0.5, 0.6) is 0 Å². The van der Waals surface area contributed by atoms with Crippen LogP contribution in [0.25, 0.3) is 0 Å². The minimum atomic E-state index is 0.813. The highest BCUT2D eigenvalue weighted by Crippen LogP contribution is 1.96. The van der Waals surface area contributed by atoms with Crippen LogP contribution >= 0.6 is 0 Å². The summed E-state index contributed by atoms with van der Waals surface area (Å²) in [5, 5.41) is 0. The highest BCUT2D eigenvalue weighted by molar-refractivity contribution is 4.61. The average molecular weight is 172 g/mol. The van der Waals surface area contributed by atoms with Gasteiger partial charge >= 0.3 is 0 Å². The average Bonchev–Trinajstić information content (AvgIpc) is 2.14.